The van der Waals surface area contributed by atoms with E-state index in [4.69, 9.17) is 9.47 Å². The van der Waals surface area contributed by atoms with Crippen LogP contribution >= 0.6 is 15.9 Å². The molecule has 0 bridgehead atoms. The molecule has 0 aliphatic heterocycles. The van der Waals surface area contributed by atoms with Crippen molar-refractivity contribution in [2.24, 2.45) is 7.05 Å². The number of benzene rings is 1. The van der Waals surface area contributed by atoms with E-state index in [2.05, 4.69) is 15.9 Å². The van der Waals surface area contributed by atoms with Crippen LogP contribution in [0.4, 0.5) is 0 Å². The van der Waals surface area contributed by atoms with E-state index >= 15 is 0 Å². The Hall–Kier alpha value is -2.16. The molecule has 0 saturated heterocycles. The first kappa shape index (κ1) is 25.1. The van der Waals surface area contributed by atoms with Crippen molar-refractivity contribution in [3.8, 4) is 0 Å². The molecule has 1 heterocycles. The maximum absolute atomic E-state index is 13.2. The van der Waals surface area contributed by atoms with Crippen LogP contribution in [0.1, 0.15) is 29.4 Å². The molecule has 8 heteroatoms. The molecule has 2 rings (SSSR count). The topological polar surface area (TPSA) is 64.0 Å². The Kier molecular flexibility index (Phi) is 10.8. The van der Waals surface area contributed by atoms with Crippen molar-refractivity contribution < 1.29 is 19.1 Å². The quantitative estimate of drug-likeness (QED) is 0.401. The van der Waals surface area contributed by atoms with E-state index in [0.29, 0.717) is 51.4 Å². The van der Waals surface area contributed by atoms with Crippen LogP contribution in [-0.4, -0.2) is 72.7 Å². The highest BCUT2D eigenvalue weighted by Crippen LogP contribution is 2.14. The molecule has 0 fully saturated rings. The lowest BCUT2D eigenvalue weighted by molar-refractivity contribution is -0.133. The number of hydrogen-bond donors (Lipinski definition) is 0. The first-order valence-electron chi connectivity index (χ1n) is 10.5. The van der Waals surface area contributed by atoms with E-state index in [1.807, 2.05) is 49.0 Å². The van der Waals surface area contributed by atoms with Gasteiger partial charge in [0.1, 0.15) is 6.54 Å². The van der Waals surface area contributed by atoms with Gasteiger partial charge in [0.25, 0.3) is 5.91 Å². The molecule has 170 valence electrons. The summed E-state index contributed by atoms with van der Waals surface area (Å²) in [5.41, 5.74) is 1.57. The summed E-state index contributed by atoms with van der Waals surface area (Å²) in [6, 6.07) is 11.1. The third-order valence-electron chi connectivity index (χ3n) is 4.95. The molecule has 31 heavy (non-hydrogen) atoms. The highest BCUT2D eigenvalue weighted by Gasteiger charge is 2.23. The van der Waals surface area contributed by atoms with E-state index in [1.54, 1.807) is 29.0 Å². The second kappa shape index (κ2) is 13.3. The van der Waals surface area contributed by atoms with Gasteiger partial charge in [0, 0.05) is 62.4 Å². The van der Waals surface area contributed by atoms with E-state index in [9.17, 15) is 9.59 Å². The van der Waals surface area contributed by atoms with E-state index in [1.165, 1.54) is 0 Å². The first-order valence-corrected chi connectivity index (χ1v) is 11.2. The maximum atomic E-state index is 13.2. The van der Waals surface area contributed by atoms with Gasteiger partial charge in [0.2, 0.25) is 5.91 Å². The van der Waals surface area contributed by atoms with Crippen molar-refractivity contribution in [2.45, 2.75) is 19.9 Å². The molecule has 1 aromatic carbocycles. The van der Waals surface area contributed by atoms with Crippen LogP contribution < -0.4 is 0 Å². The zero-order valence-corrected chi connectivity index (χ0v) is 20.1. The Bertz CT molecular complexity index is 822. The number of methoxy groups -OCH3 is 1. The van der Waals surface area contributed by atoms with Crippen LogP contribution in [0.25, 0.3) is 0 Å². The molecular weight excluding hydrogens is 462 g/mol. The highest BCUT2D eigenvalue weighted by molar-refractivity contribution is 9.10. The fraction of sp³-hybridized carbons (Fsp3) is 0.478. The average molecular weight is 494 g/mol. The molecule has 0 aliphatic rings. The number of hydrogen-bond acceptors (Lipinski definition) is 4. The number of amides is 2. The summed E-state index contributed by atoms with van der Waals surface area (Å²) in [6.45, 7) is 4.92. The Balaban J connectivity index is 2.14. The van der Waals surface area contributed by atoms with Crippen molar-refractivity contribution in [2.75, 3.05) is 46.6 Å². The predicted octanol–water partition coefficient (Wildman–Crippen LogP) is 3.33. The molecule has 0 spiro atoms. The van der Waals surface area contributed by atoms with Crippen LogP contribution in [0.5, 0.6) is 0 Å². The van der Waals surface area contributed by atoms with Gasteiger partial charge in [0.05, 0.1) is 13.2 Å². The van der Waals surface area contributed by atoms with Crippen LogP contribution in [0, 0.1) is 0 Å². The molecule has 0 N–H and O–H groups in total. The van der Waals surface area contributed by atoms with Gasteiger partial charge in [-0.2, -0.15) is 0 Å². The molecule has 2 aromatic rings. The van der Waals surface area contributed by atoms with Gasteiger partial charge in [-0.1, -0.05) is 15.9 Å². The lowest BCUT2D eigenvalue weighted by Crippen LogP contribution is -2.44. The van der Waals surface area contributed by atoms with Gasteiger partial charge < -0.3 is 23.8 Å². The Morgan fingerprint density at radius 1 is 1.06 bits per heavy atom. The van der Waals surface area contributed by atoms with E-state index in [0.717, 1.165) is 10.2 Å². The SMILES string of the molecule is CCOCCCN(CC(=O)N(CCOC)Cc1cccn1C)C(=O)c1ccc(Br)cc1. The van der Waals surface area contributed by atoms with Crippen LogP contribution in [0.15, 0.2) is 47.1 Å². The number of carbonyl (C=O) groups is 2. The van der Waals surface area contributed by atoms with Crippen LogP contribution in [0.2, 0.25) is 0 Å². The fourth-order valence-electron chi connectivity index (χ4n) is 3.14. The number of rotatable bonds is 13. The fourth-order valence-corrected chi connectivity index (χ4v) is 3.41. The summed E-state index contributed by atoms with van der Waals surface area (Å²) in [7, 11) is 3.56. The van der Waals surface area contributed by atoms with Crippen molar-refractivity contribution in [3.63, 3.8) is 0 Å². The summed E-state index contributed by atoms with van der Waals surface area (Å²) in [4.78, 5) is 29.7. The number of carbonyl (C=O) groups excluding carboxylic acids is 2. The highest BCUT2D eigenvalue weighted by atomic mass is 79.9. The number of halogens is 1. The Morgan fingerprint density at radius 2 is 1.81 bits per heavy atom. The summed E-state index contributed by atoms with van der Waals surface area (Å²) in [6.07, 6.45) is 2.62. The molecule has 0 unspecified atom stereocenters. The lowest BCUT2D eigenvalue weighted by Gasteiger charge is -2.28. The maximum Gasteiger partial charge on any atom is 0.254 e. The summed E-state index contributed by atoms with van der Waals surface area (Å²) < 4.78 is 13.5. The van der Waals surface area contributed by atoms with Gasteiger partial charge in [0.15, 0.2) is 0 Å². The summed E-state index contributed by atoms with van der Waals surface area (Å²) >= 11 is 3.39. The molecule has 7 nitrogen and oxygen atoms in total. The molecule has 0 saturated carbocycles. The molecule has 0 aliphatic carbocycles. The first-order chi connectivity index (χ1) is 15.0. The van der Waals surface area contributed by atoms with E-state index < -0.39 is 0 Å². The second-order valence-electron chi connectivity index (χ2n) is 7.20. The minimum Gasteiger partial charge on any atom is -0.383 e. The van der Waals surface area contributed by atoms with Crippen molar-refractivity contribution in [1.29, 1.82) is 0 Å². The average Bonchev–Trinajstić information content (AvgIpc) is 3.17. The normalized spacial score (nSPS) is 10.8. The van der Waals surface area contributed by atoms with Gasteiger partial charge in [-0.25, -0.2) is 0 Å². The van der Waals surface area contributed by atoms with Gasteiger partial charge in [-0.05, 0) is 49.7 Å². The molecule has 1 aromatic heterocycles. The Labute approximate surface area is 193 Å². The third kappa shape index (κ3) is 8.12. The number of ether oxygens (including phenoxy) is 2. The molecular formula is C23H32BrN3O4. The molecule has 2 amide bonds. The lowest BCUT2D eigenvalue weighted by atomic mass is 10.2. The largest absolute Gasteiger partial charge is 0.383 e. The Morgan fingerprint density at radius 3 is 2.42 bits per heavy atom. The van der Waals surface area contributed by atoms with Gasteiger partial charge in [-0.15, -0.1) is 0 Å². The number of nitrogens with zero attached hydrogens (tertiary/aromatic N) is 3. The van der Waals surface area contributed by atoms with Gasteiger partial charge >= 0.3 is 0 Å². The minimum atomic E-state index is -0.164. The zero-order chi connectivity index (χ0) is 22.6. The number of aryl methyl sites for hydroxylation is 1. The van der Waals surface area contributed by atoms with Crippen molar-refractivity contribution in [1.82, 2.24) is 14.4 Å². The third-order valence-corrected chi connectivity index (χ3v) is 5.48. The predicted molar refractivity (Wildman–Crippen MR) is 124 cm³/mol. The van der Waals surface area contributed by atoms with Crippen LogP contribution in [-0.2, 0) is 27.9 Å². The monoisotopic (exact) mass is 493 g/mol. The standard InChI is InChI=1S/C23H32BrN3O4/c1-4-31-15-6-13-27(23(29)19-8-10-20(24)11-9-19)18-22(28)26(14-16-30-3)17-21-7-5-12-25(21)2/h5,7-12H,4,6,13-18H2,1-3H3. The van der Waals surface area contributed by atoms with Crippen molar-refractivity contribution >= 4 is 27.7 Å². The smallest absolute Gasteiger partial charge is 0.254 e. The minimum absolute atomic E-state index is 0.00909. The zero-order valence-electron chi connectivity index (χ0n) is 18.6. The summed E-state index contributed by atoms with van der Waals surface area (Å²) in [5.74, 6) is -0.275. The molecule has 0 radical (unpaired) electrons. The van der Waals surface area contributed by atoms with Crippen LogP contribution in [0.3, 0.4) is 0 Å². The number of aromatic nitrogens is 1. The van der Waals surface area contributed by atoms with Crippen molar-refractivity contribution in [3.05, 3.63) is 58.3 Å². The van der Waals surface area contributed by atoms with Gasteiger partial charge in [-0.3, -0.25) is 9.59 Å². The second-order valence-corrected chi connectivity index (χ2v) is 8.12. The summed E-state index contributed by atoms with van der Waals surface area (Å²) in [5, 5.41) is 0. The molecule has 0 atom stereocenters. The van der Waals surface area contributed by atoms with E-state index in [-0.39, 0.29) is 18.4 Å².